The second-order valence-electron chi connectivity index (χ2n) is 1.50. The van der Waals surface area contributed by atoms with Crippen LogP contribution in [0.2, 0.25) is 0 Å². The van der Waals surface area contributed by atoms with E-state index in [1.807, 2.05) is 0 Å². The number of hydrogen-bond acceptors (Lipinski definition) is 5. The maximum atomic E-state index is 10.0. The number of nitrogens with zero attached hydrogens (tertiary/aromatic N) is 1. The number of rotatable bonds is 3. The predicted octanol–water partition coefficient (Wildman–Crippen LogP) is -0.610. The first-order valence-corrected chi connectivity index (χ1v) is 2.97. The number of hydrogen-bond donors (Lipinski definition) is 4. The first-order valence-electron chi connectivity index (χ1n) is 2.17. The number of thiol groups is 2. The molecule has 0 aromatic heterocycles. The average molecular weight is 168 g/mol. The number of carboxylic acid groups (broad SMARTS) is 1. The molecule has 0 aliphatic carbocycles. The Hall–Kier alpha value is 0.0900. The van der Waals surface area contributed by atoms with Gasteiger partial charge in [0, 0.05) is 6.54 Å². The molecule has 0 fully saturated rings. The van der Waals surface area contributed by atoms with E-state index < -0.39 is 12.0 Å². The first-order chi connectivity index (χ1) is 4.04. The van der Waals surface area contributed by atoms with Crippen molar-refractivity contribution in [1.82, 2.24) is 3.71 Å². The standard InChI is InChI=1S/C3H8N2O2S2/c4-2(3(6)7)1-5(8)9/h2,8-9H,1,4H2,(H,6,7)/t2-/m1/s1. The maximum absolute atomic E-state index is 10.0. The lowest BCUT2D eigenvalue weighted by molar-refractivity contribution is -0.138. The maximum Gasteiger partial charge on any atom is 0.321 e. The SMILES string of the molecule is N[C@H](CN(S)S)C(=O)O. The molecule has 0 aromatic carbocycles. The van der Waals surface area contributed by atoms with Crippen LogP contribution in [0.3, 0.4) is 0 Å². The van der Waals surface area contributed by atoms with Gasteiger partial charge in [-0.05, 0) is 0 Å². The van der Waals surface area contributed by atoms with Crippen molar-refractivity contribution in [2.45, 2.75) is 6.04 Å². The molecule has 54 valence electrons. The lowest BCUT2D eigenvalue weighted by atomic mass is 10.3. The van der Waals surface area contributed by atoms with Crippen molar-refractivity contribution in [3.8, 4) is 0 Å². The third-order valence-electron chi connectivity index (χ3n) is 0.677. The van der Waals surface area contributed by atoms with Gasteiger partial charge in [0.1, 0.15) is 6.04 Å². The molecule has 0 unspecified atom stereocenters. The lowest BCUT2D eigenvalue weighted by Crippen LogP contribution is -2.37. The van der Waals surface area contributed by atoms with Crippen LogP contribution in [-0.4, -0.2) is 27.4 Å². The van der Waals surface area contributed by atoms with Gasteiger partial charge in [0.05, 0.1) is 0 Å². The molecule has 4 nitrogen and oxygen atoms in total. The molecule has 0 bridgehead atoms. The average Bonchev–Trinajstić information content (AvgIpc) is 1.63. The Bertz CT molecular complexity index is 108. The molecule has 1 atom stereocenters. The van der Waals surface area contributed by atoms with Crippen molar-refractivity contribution >= 4 is 31.6 Å². The fourth-order valence-corrected chi connectivity index (χ4v) is 0.606. The van der Waals surface area contributed by atoms with E-state index in [-0.39, 0.29) is 6.54 Å². The molecule has 0 amide bonds. The zero-order chi connectivity index (χ0) is 7.44. The van der Waals surface area contributed by atoms with Gasteiger partial charge in [0.2, 0.25) is 0 Å². The Morgan fingerprint density at radius 2 is 2.22 bits per heavy atom. The van der Waals surface area contributed by atoms with Crippen molar-refractivity contribution < 1.29 is 9.90 Å². The van der Waals surface area contributed by atoms with E-state index in [4.69, 9.17) is 10.8 Å². The summed E-state index contributed by atoms with van der Waals surface area (Å²) in [6, 6.07) is -0.917. The lowest BCUT2D eigenvalue weighted by Gasteiger charge is -2.09. The summed E-state index contributed by atoms with van der Waals surface area (Å²) in [5.41, 5.74) is 5.08. The van der Waals surface area contributed by atoms with Crippen LogP contribution in [0.5, 0.6) is 0 Å². The minimum absolute atomic E-state index is 0.113. The number of nitrogens with two attached hydrogens (primary N) is 1. The van der Waals surface area contributed by atoms with Crippen molar-refractivity contribution in [1.29, 1.82) is 0 Å². The molecule has 6 heteroatoms. The third-order valence-corrected chi connectivity index (χ3v) is 1.00. The van der Waals surface area contributed by atoms with Gasteiger partial charge < -0.3 is 10.8 Å². The van der Waals surface area contributed by atoms with Crippen LogP contribution in [-0.2, 0) is 4.79 Å². The van der Waals surface area contributed by atoms with Gasteiger partial charge in [-0.15, -0.1) is 0 Å². The van der Waals surface area contributed by atoms with E-state index in [9.17, 15) is 4.79 Å². The van der Waals surface area contributed by atoms with E-state index in [1.165, 1.54) is 0 Å². The van der Waals surface area contributed by atoms with Gasteiger partial charge in [-0.1, -0.05) is 25.6 Å². The Kier molecular flexibility index (Phi) is 4.03. The third kappa shape index (κ3) is 4.58. The molecule has 0 spiro atoms. The van der Waals surface area contributed by atoms with E-state index in [0.717, 1.165) is 3.71 Å². The van der Waals surface area contributed by atoms with Gasteiger partial charge in [0.15, 0.2) is 0 Å². The number of carboxylic acids is 1. The summed E-state index contributed by atoms with van der Waals surface area (Å²) in [5, 5.41) is 8.21. The number of aliphatic carboxylic acids is 1. The Morgan fingerprint density at radius 1 is 1.78 bits per heavy atom. The summed E-state index contributed by atoms with van der Waals surface area (Å²) in [7, 11) is 0. The van der Waals surface area contributed by atoms with Crippen LogP contribution >= 0.6 is 25.6 Å². The highest BCUT2D eigenvalue weighted by Crippen LogP contribution is 1.96. The molecule has 0 heterocycles. The van der Waals surface area contributed by atoms with E-state index in [2.05, 4.69) is 25.6 Å². The van der Waals surface area contributed by atoms with Crippen LogP contribution in [0.1, 0.15) is 0 Å². The molecule has 3 N–H and O–H groups in total. The minimum atomic E-state index is -1.05. The molecule has 0 radical (unpaired) electrons. The van der Waals surface area contributed by atoms with E-state index >= 15 is 0 Å². The highest BCUT2D eigenvalue weighted by molar-refractivity contribution is 7.93. The second kappa shape index (κ2) is 3.99. The smallest absolute Gasteiger partial charge is 0.321 e. The zero-order valence-electron chi connectivity index (χ0n) is 4.56. The van der Waals surface area contributed by atoms with Gasteiger partial charge in [-0.3, -0.25) is 4.79 Å². The monoisotopic (exact) mass is 168 g/mol. The highest BCUT2D eigenvalue weighted by atomic mass is 32.2. The topological polar surface area (TPSA) is 66.6 Å². The minimum Gasteiger partial charge on any atom is -0.480 e. The van der Waals surface area contributed by atoms with Gasteiger partial charge >= 0.3 is 5.97 Å². The Morgan fingerprint density at radius 3 is 2.33 bits per heavy atom. The van der Waals surface area contributed by atoms with Crippen molar-refractivity contribution in [3.05, 3.63) is 0 Å². The summed E-state index contributed by atoms with van der Waals surface area (Å²) in [6.45, 7) is 0.113. The molecule has 0 aliphatic heterocycles. The molecular formula is C3H8N2O2S2. The number of carbonyl (C=O) groups is 1. The van der Waals surface area contributed by atoms with Crippen LogP contribution in [0.4, 0.5) is 0 Å². The van der Waals surface area contributed by atoms with E-state index in [1.54, 1.807) is 0 Å². The van der Waals surface area contributed by atoms with Crippen LogP contribution in [0, 0.1) is 0 Å². The van der Waals surface area contributed by atoms with Gasteiger partial charge in [-0.2, -0.15) is 3.71 Å². The summed E-state index contributed by atoms with van der Waals surface area (Å²) in [4.78, 5) is 10.0. The van der Waals surface area contributed by atoms with Gasteiger partial charge in [0.25, 0.3) is 0 Å². The first kappa shape index (κ1) is 9.09. The zero-order valence-corrected chi connectivity index (χ0v) is 6.35. The molecule has 0 aliphatic rings. The second-order valence-corrected chi connectivity index (χ2v) is 2.78. The van der Waals surface area contributed by atoms with Crippen LogP contribution in [0.25, 0.3) is 0 Å². The molecular weight excluding hydrogens is 160 g/mol. The fourth-order valence-electron chi connectivity index (χ4n) is 0.254. The summed E-state index contributed by atoms with van der Waals surface area (Å²) in [6.07, 6.45) is 0. The highest BCUT2D eigenvalue weighted by Gasteiger charge is 2.11. The quantitative estimate of drug-likeness (QED) is 0.424. The summed E-state index contributed by atoms with van der Waals surface area (Å²) in [5.74, 6) is -1.05. The van der Waals surface area contributed by atoms with Crippen molar-refractivity contribution in [3.63, 3.8) is 0 Å². The van der Waals surface area contributed by atoms with E-state index in [0.29, 0.717) is 0 Å². The molecule has 0 aromatic rings. The summed E-state index contributed by atoms with van der Waals surface area (Å²) < 4.78 is 1.12. The van der Waals surface area contributed by atoms with Crippen molar-refractivity contribution in [2.24, 2.45) is 5.73 Å². The fraction of sp³-hybridized carbons (Fsp3) is 0.667. The largest absolute Gasteiger partial charge is 0.480 e. The van der Waals surface area contributed by atoms with Crippen molar-refractivity contribution in [2.75, 3.05) is 6.54 Å². The Labute approximate surface area is 64.1 Å². The normalized spacial score (nSPS) is 13.8. The Balaban J connectivity index is 3.50. The van der Waals surface area contributed by atoms with Crippen LogP contribution < -0.4 is 5.73 Å². The molecule has 9 heavy (non-hydrogen) atoms. The molecule has 0 saturated heterocycles. The molecule has 0 rings (SSSR count). The van der Waals surface area contributed by atoms with Gasteiger partial charge in [-0.25, -0.2) is 0 Å². The van der Waals surface area contributed by atoms with Crippen LogP contribution in [0.15, 0.2) is 0 Å². The summed E-state index contributed by atoms with van der Waals surface area (Å²) >= 11 is 7.37. The molecule has 0 saturated carbocycles. The predicted molar refractivity (Wildman–Crippen MR) is 40.3 cm³/mol.